The summed E-state index contributed by atoms with van der Waals surface area (Å²) in [5.41, 5.74) is -0.439. The maximum absolute atomic E-state index is 14.4. The monoisotopic (exact) mass is 399 g/mol. The third-order valence-electron chi connectivity index (χ3n) is 5.46. The second-order valence-corrected chi connectivity index (χ2v) is 7.39. The minimum atomic E-state index is -0.948. The Labute approximate surface area is 169 Å². The number of benzene rings is 2. The number of nitrogens with zero attached hydrogens (tertiary/aromatic N) is 1. The van der Waals surface area contributed by atoms with Crippen LogP contribution in [-0.4, -0.2) is 12.6 Å². The third-order valence-corrected chi connectivity index (χ3v) is 5.46. The van der Waals surface area contributed by atoms with Crippen LogP contribution in [0.1, 0.15) is 54.9 Å². The molecule has 0 saturated heterocycles. The molecule has 0 unspecified atom stereocenters. The first-order chi connectivity index (χ1) is 14.0. The van der Waals surface area contributed by atoms with Crippen molar-refractivity contribution < 1.29 is 23.0 Å². The molecule has 0 amide bonds. The largest absolute Gasteiger partial charge is 0.493 e. The Morgan fingerprint density at radius 1 is 1.03 bits per heavy atom. The number of hydrogen-bond acceptors (Lipinski definition) is 4. The average molecular weight is 399 g/mol. The molecule has 6 heteroatoms. The number of esters is 1. The van der Waals surface area contributed by atoms with Crippen molar-refractivity contribution in [1.82, 2.24) is 0 Å². The van der Waals surface area contributed by atoms with E-state index >= 15 is 0 Å². The predicted octanol–water partition coefficient (Wildman–Crippen LogP) is 5.65. The summed E-state index contributed by atoms with van der Waals surface area (Å²) in [5.74, 6) is -0.993. The van der Waals surface area contributed by atoms with E-state index in [2.05, 4.69) is 6.92 Å². The van der Waals surface area contributed by atoms with Gasteiger partial charge in [-0.05, 0) is 48.9 Å². The number of carbonyl (C=O) groups excluding carboxylic acids is 1. The Kier molecular flexibility index (Phi) is 6.82. The van der Waals surface area contributed by atoms with Crippen molar-refractivity contribution in [3.05, 3.63) is 59.2 Å². The van der Waals surface area contributed by atoms with Crippen LogP contribution in [0, 0.1) is 34.8 Å². The topological polar surface area (TPSA) is 59.3 Å². The molecule has 2 aromatic rings. The standard InChI is InChI=1S/C23H23F2NO3/c1-2-15-3-5-16(6-4-15)14-28-18-9-10-20(22(25)11-18)23(27)29-19-8-7-17(13-26)21(24)12-19/h7-12,15-16H,2-6,14H2,1H3. The Hall–Kier alpha value is -2.94. The molecule has 2 aromatic carbocycles. The summed E-state index contributed by atoms with van der Waals surface area (Å²) in [6, 6.07) is 9.04. The fraction of sp³-hybridized carbons (Fsp3) is 0.391. The van der Waals surface area contributed by atoms with E-state index in [0.29, 0.717) is 18.3 Å². The average Bonchev–Trinajstić information content (AvgIpc) is 2.72. The molecule has 152 valence electrons. The maximum Gasteiger partial charge on any atom is 0.346 e. The van der Waals surface area contributed by atoms with Crippen LogP contribution >= 0.6 is 0 Å². The van der Waals surface area contributed by atoms with Crippen molar-refractivity contribution in [3.8, 4) is 17.6 Å². The first kappa shape index (κ1) is 20.8. The summed E-state index contributed by atoms with van der Waals surface area (Å²) >= 11 is 0. The maximum atomic E-state index is 14.4. The fourth-order valence-corrected chi connectivity index (χ4v) is 3.58. The fourth-order valence-electron chi connectivity index (χ4n) is 3.58. The molecule has 0 N–H and O–H groups in total. The molecule has 0 heterocycles. The number of ether oxygens (including phenoxy) is 2. The van der Waals surface area contributed by atoms with E-state index in [0.717, 1.165) is 30.9 Å². The zero-order valence-electron chi connectivity index (χ0n) is 16.3. The van der Waals surface area contributed by atoms with Crippen molar-refractivity contribution in [2.75, 3.05) is 6.61 Å². The van der Waals surface area contributed by atoms with Gasteiger partial charge in [-0.25, -0.2) is 13.6 Å². The van der Waals surface area contributed by atoms with Gasteiger partial charge in [-0.2, -0.15) is 5.26 Å². The molecule has 1 fully saturated rings. The van der Waals surface area contributed by atoms with Gasteiger partial charge in [0.05, 0.1) is 17.7 Å². The van der Waals surface area contributed by atoms with Crippen LogP contribution in [0.3, 0.4) is 0 Å². The highest BCUT2D eigenvalue weighted by Gasteiger charge is 2.21. The van der Waals surface area contributed by atoms with Gasteiger partial charge in [0.2, 0.25) is 0 Å². The summed E-state index contributed by atoms with van der Waals surface area (Å²) < 4.78 is 38.7. The van der Waals surface area contributed by atoms with Gasteiger partial charge in [0.25, 0.3) is 0 Å². The number of rotatable bonds is 6. The zero-order chi connectivity index (χ0) is 20.8. The Morgan fingerprint density at radius 2 is 1.69 bits per heavy atom. The number of hydrogen-bond donors (Lipinski definition) is 0. The minimum Gasteiger partial charge on any atom is -0.493 e. The highest BCUT2D eigenvalue weighted by molar-refractivity contribution is 5.91. The molecule has 1 aliphatic rings. The molecular formula is C23H23F2NO3. The molecule has 29 heavy (non-hydrogen) atoms. The Morgan fingerprint density at radius 3 is 2.31 bits per heavy atom. The smallest absolute Gasteiger partial charge is 0.346 e. The summed E-state index contributed by atoms with van der Waals surface area (Å²) in [6.07, 6.45) is 5.86. The molecule has 0 atom stereocenters. The van der Waals surface area contributed by atoms with Crippen LogP contribution in [0.25, 0.3) is 0 Å². The third kappa shape index (κ3) is 5.32. The lowest BCUT2D eigenvalue weighted by Gasteiger charge is -2.27. The summed E-state index contributed by atoms with van der Waals surface area (Å²) in [5, 5.41) is 8.72. The molecule has 0 radical (unpaired) electrons. The highest BCUT2D eigenvalue weighted by Crippen LogP contribution is 2.31. The summed E-state index contributed by atoms with van der Waals surface area (Å²) in [4.78, 5) is 12.2. The van der Waals surface area contributed by atoms with Crippen LogP contribution in [0.4, 0.5) is 8.78 Å². The molecular weight excluding hydrogens is 376 g/mol. The van der Waals surface area contributed by atoms with E-state index in [1.165, 1.54) is 43.5 Å². The number of carbonyl (C=O) groups is 1. The summed E-state index contributed by atoms with van der Waals surface area (Å²) in [7, 11) is 0. The van der Waals surface area contributed by atoms with Crippen LogP contribution in [0.15, 0.2) is 36.4 Å². The van der Waals surface area contributed by atoms with Gasteiger partial charge in [0.1, 0.15) is 29.2 Å². The van der Waals surface area contributed by atoms with E-state index < -0.39 is 17.6 Å². The minimum absolute atomic E-state index is 0.103. The first-order valence-electron chi connectivity index (χ1n) is 9.84. The Bertz CT molecular complexity index is 915. The molecule has 1 aliphatic carbocycles. The lowest BCUT2D eigenvalue weighted by Crippen LogP contribution is -2.20. The molecule has 3 rings (SSSR count). The van der Waals surface area contributed by atoms with Gasteiger partial charge >= 0.3 is 5.97 Å². The normalized spacial score (nSPS) is 18.7. The lowest BCUT2D eigenvalue weighted by molar-refractivity contribution is 0.0729. The van der Waals surface area contributed by atoms with Gasteiger partial charge in [-0.15, -0.1) is 0 Å². The Balaban J connectivity index is 1.58. The number of halogens is 2. The SMILES string of the molecule is CCC1CCC(COc2ccc(C(=O)Oc3ccc(C#N)c(F)c3)c(F)c2)CC1. The van der Waals surface area contributed by atoms with Gasteiger partial charge in [-0.1, -0.05) is 26.2 Å². The van der Waals surface area contributed by atoms with Crippen molar-refractivity contribution in [2.24, 2.45) is 11.8 Å². The van der Waals surface area contributed by atoms with E-state index in [4.69, 9.17) is 14.7 Å². The highest BCUT2D eigenvalue weighted by atomic mass is 19.1. The van der Waals surface area contributed by atoms with Gasteiger partial charge < -0.3 is 9.47 Å². The van der Waals surface area contributed by atoms with Crippen LogP contribution in [-0.2, 0) is 0 Å². The van der Waals surface area contributed by atoms with Crippen molar-refractivity contribution in [3.63, 3.8) is 0 Å². The quantitative estimate of drug-likeness (QED) is 0.465. The molecule has 0 aromatic heterocycles. The van der Waals surface area contributed by atoms with Crippen molar-refractivity contribution in [1.29, 1.82) is 5.26 Å². The van der Waals surface area contributed by atoms with Crippen LogP contribution in [0.2, 0.25) is 0 Å². The first-order valence-corrected chi connectivity index (χ1v) is 9.84. The molecule has 0 bridgehead atoms. The zero-order valence-corrected chi connectivity index (χ0v) is 16.3. The van der Waals surface area contributed by atoms with Gasteiger partial charge in [0, 0.05) is 12.1 Å². The van der Waals surface area contributed by atoms with Crippen molar-refractivity contribution >= 4 is 5.97 Å². The van der Waals surface area contributed by atoms with E-state index in [9.17, 15) is 13.6 Å². The second-order valence-electron chi connectivity index (χ2n) is 7.39. The molecule has 4 nitrogen and oxygen atoms in total. The van der Waals surface area contributed by atoms with Crippen LogP contribution < -0.4 is 9.47 Å². The predicted molar refractivity (Wildman–Crippen MR) is 104 cm³/mol. The number of nitriles is 1. The van der Waals surface area contributed by atoms with E-state index in [-0.39, 0.29) is 16.9 Å². The van der Waals surface area contributed by atoms with E-state index in [1.54, 1.807) is 6.07 Å². The summed E-state index contributed by atoms with van der Waals surface area (Å²) in [6.45, 7) is 2.75. The van der Waals surface area contributed by atoms with E-state index in [1.807, 2.05) is 0 Å². The van der Waals surface area contributed by atoms with Gasteiger partial charge in [0.15, 0.2) is 0 Å². The second kappa shape index (κ2) is 9.51. The molecule has 0 aliphatic heterocycles. The lowest BCUT2D eigenvalue weighted by atomic mass is 9.81. The molecule has 0 spiro atoms. The van der Waals surface area contributed by atoms with Gasteiger partial charge in [-0.3, -0.25) is 0 Å². The van der Waals surface area contributed by atoms with Crippen LogP contribution in [0.5, 0.6) is 11.5 Å². The molecule has 1 saturated carbocycles. The van der Waals surface area contributed by atoms with Crippen molar-refractivity contribution in [2.45, 2.75) is 39.0 Å².